The van der Waals surface area contributed by atoms with E-state index in [0.29, 0.717) is 33.5 Å². The number of carbonyl (C=O) groups is 1. The highest BCUT2D eigenvalue weighted by molar-refractivity contribution is 6.31. The molecule has 2 heterocycles. The van der Waals surface area contributed by atoms with Crippen molar-refractivity contribution in [1.82, 2.24) is 24.5 Å². The summed E-state index contributed by atoms with van der Waals surface area (Å²) in [6, 6.07) is 12.6. The monoisotopic (exact) mass is 412 g/mol. The van der Waals surface area contributed by atoms with Crippen LogP contribution in [0.1, 0.15) is 15.9 Å². The third-order valence-electron chi connectivity index (χ3n) is 4.06. The van der Waals surface area contributed by atoms with Crippen LogP contribution in [0.25, 0.3) is 5.69 Å². The van der Waals surface area contributed by atoms with Crippen molar-refractivity contribution in [3.05, 3.63) is 88.7 Å². The van der Waals surface area contributed by atoms with E-state index in [1.54, 1.807) is 40.1 Å². The molecule has 1 N–H and O–H groups in total. The quantitative estimate of drug-likeness (QED) is 0.535. The fourth-order valence-electron chi connectivity index (χ4n) is 2.70. The Morgan fingerprint density at radius 2 is 1.96 bits per heavy atom. The number of nitrogens with zero attached hydrogens (tertiary/aromatic N) is 5. The van der Waals surface area contributed by atoms with Crippen LogP contribution < -0.4 is 5.32 Å². The van der Waals surface area contributed by atoms with Crippen LogP contribution in [0.5, 0.6) is 0 Å². The number of nitrogens with one attached hydrogen (secondary N) is 1. The van der Waals surface area contributed by atoms with Gasteiger partial charge in [-0.2, -0.15) is 10.2 Å². The van der Waals surface area contributed by atoms with Crippen molar-refractivity contribution in [2.45, 2.75) is 6.54 Å². The Labute approximate surface area is 170 Å². The van der Waals surface area contributed by atoms with Crippen molar-refractivity contribution in [3.8, 4) is 5.69 Å². The van der Waals surface area contributed by atoms with E-state index in [4.69, 9.17) is 23.2 Å². The molecule has 0 aliphatic carbocycles. The summed E-state index contributed by atoms with van der Waals surface area (Å²) in [4.78, 5) is 16.6. The van der Waals surface area contributed by atoms with Gasteiger partial charge in [-0.3, -0.25) is 9.48 Å². The third-order valence-corrected chi connectivity index (χ3v) is 4.66. The highest BCUT2D eigenvalue weighted by Crippen LogP contribution is 2.24. The SMILES string of the molecule is O=C(Nc1cc(Cl)ccc1-n1cncn1)c1cnn(Cc2ccccc2Cl)c1. The number of rotatable bonds is 5. The van der Waals surface area contributed by atoms with E-state index < -0.39 is 0 Å². The van der Waals surface area contributed by atoms with E-state index in [0.717, 1.165) is 5.56 Å². The highest BCUT2D eigenvalue weighted by atomic mass is 35.5. The Bertz CT molecular complexity index is 1120. The smallest absolute Gasteiger partial charge is 0.258 e. The zero-order valence-electron chi connectivity index (χ0n) is 14.5. The Kier molecular flexibility index (Phi) is 5.10. The first-order valence-electron chi connectivity index (χ1n) is 8.32. The summed E-state index contributed by atoms with van der Waals surface area (Å²) >= 11 is 12.3. The van der Waals surface area contributed by atoms with Gasteiger partial charge in [0.05, 0.1) is 29.7 Å². The van der Waals surface area contributed by atoms with Crippen molar-refractivity contribution in [2.75, 3.05) is 5.32 Å². The molecule has 0 spiro atoms. The number of hydrogen-bond donors (Lipinski definition) is 1. The average molecular weight is 413 g/mol. The maximum atomic E-state index is 12.7. The van der Waals surface area contributed by atoms with E-state index in [2.05, 4.69) is 20.5 Å². The molecule has 0 unspecified atom stereocenters. The molecule has 0 aliphatic heterocycles. The molecule has 0 saturated carbocycles. The lowest BCUT2D eigenvalue weighted by Gasteiger charge is -2.10. The number of carbonyl (C=O) groups excluding carboxylic acids is 1. The Morgan fingerprint density at radius 3 is 2.75 bits per heavy atom. The van der Waals surface area contributed by atoms with Gasteiger partial charge in [-0.15, -0.1) is 0 Å². The maximum Gasteiger partial charge on any atom is 0.258 e. The molecule has 0 saturated heterocycles. The van der Waals surface area contributed by atoms with Crippen LogP contribution >= 0.6 is 23.2 Å². The minimum atomic E-state index is -0.311. The molecule has 0 atom stereocenters. The van der Waals surface area contributed by atoms with Gasteiger partial charge in [-0.05, 0) is 29.8 Å². The van der Waals surface area contributed by atoms with Crippen molar-refractivity contribution >= 4 is 34.8 Å². The summed E-state index contributed by atoms with van der Waals surface area (Å²) in [5, 5.41) is 12.3. The molecular formula is C19H14Cl2N6O. The molecule has 0 radical (unpaired) electrons. The highest BCUT2D eigenvalue weighted by Gasteiger charge is 2.14. The topological polar surface area (TPSA) is 77.6 Å². The molecule has 9 heteroatoms. The zero-order valence-corrected chi connectivity index (χ0v) is 16.0. The van der Waals surface area contributed by atoms with E-state index in [1.165, 1.54) is 12.5 Å². The molecule has 0 fully saturated rings. The fraction of sp³-hybridized carbons (Fsp3) is 0.0526. The predicted molar refractivity (Wildman–Crippen MR) is 107 cm³/mol. The predicted octanol–water partition coefficient (Wildman–Crippen LogP) is 4.07. The molecule has 28 heavy (non-hydrogen) atoms. The first kappa shape index (κ1) is 18.2. The standard InChI is InChI=1S/C19H14Cl2N6O/c20-15-5-6-18(27-12-22-11-24-27)17(7-15)25-19(28)14-8-23-26(10-14)9-13-3-1-2-4-16(13)21/h1-8,10-12H,9H2,(H,25,28). The van der Waals surface area contributed by atoms with Gasteiger partial charge in [0, 0.05) is 16.2 Å². The summed E-state index contributed by atoms with van der Waals surface area (Å²) in [6.07, 6.45) is 6.13. The van der Waals surface area contributed by atoms with E-state index in [9.17, 15) is 4.79 Å². The first-order chi connectivity index (χ1) is 13.6. The van der Waals surface area contributed by atoms with Gasteiger partial charge in [-0.25, -0.2) is 9.67 Å². The van der Waals surface area contributed by atoms with Crippen LogP contribution in [0, 0.1) is 0 Å². The largest absolute Gasteiger partial charge is 0.320 e. The van der Waals surface area contributed by atoms with Crippen molar-refractivity contribution in [1.29, 1.82) is 0 Å². The lowest BCUT2D eigenvalue weighted by Crippen LogP contribution is -2.13. The Balaban J connectivity index is 1.55. The number of hydrogen-bond acceptors (Lipinski definition) is 4. The second-order valence-corrected chi connectivity index (χ2v) is 6.82. The van der Waals surface area contributed by atoms with Crippen molar-refractivity contribution in [3.63, 3.8) is 0 Å². The molecule has 4 aromatic rings. The van der Waals surface area contributed by atoms with Gasteiger partial charge in [0.2, 0.25) is 0 Å². The molecule has 0 aliphatic rings. The van der Waals surface area contributed by atoms with Crippen LogP contribution in [0.4, 0.5) is 5.69 Å². The van der Waals surface area contributed by atoms with E-state index >= 15 is 0 Å². The molecule has 140 valence electrons. The lowest BCUT2D eigenvalue weighted by atomic mass is 10.2. The zero-order chi connectivity index (χ0) is 19.5. The second kappa shape index (κ2) is 7.84. The van der Waals surface area contributed by atoms with Gasteiger partial charge in [0.25, 0.3) is 5.91 Å². The minimum absolute atomic E-state index is 0.311. The van der Waals surface area contributed by atoms with Crippen LogP contribution in [0.3, 0.4) is 0 Å². The molecule has 2 aromatic carbocycles. The van der Waals surface area contributed by atoms with Gasteiger partial charge in [0.1, 0.15) is 12.7 Å². The number of aromatic nitrogens is 5. The first-order valence-corrected chi connectivity index (χ1v) is 9.07. The van der Waals surface area contributed by atoms with Crippen LogP contribution in [-0.4, -0.2) is 30.5 Å². The average Bonchev–Trinajstić information content (AvgIpc) is 3.36. The number of amides is 1. The van der Waals surface area contributed by atoms with Gasteiger partial charge >= 0.3 is 0 Å². The maximum absolute atomic E-state index is 12.7. The summed E-state index contributed by atoms with van der Waals surface area (Å²) in [5.41, 5.74) is 2.50. The Hall–Kier alpha value is -3.16. The lowest BCUT2D eigenvalue weighted by molar-refractivity contribution is 0.102. The molecule has 4 rings (SSSR count). The van der Waals surface area contributed by atoms with Crippen LogP contribution in [-0.2, 0) is 6.54 Å². The summed E-state index contributed by atoms with van der Waals surface area (Å²) < 4.78 is 3.21. The normalized spacial score (nSPS) is 10.8. The number of benzene rings is 2. The number of anilines is 1. The summed E-state index contributed by atoms with van der Waals surface area (Å²) in [5.74, 6) is -0.311. The van der Waals surface area contributed by atoms with Crippen molar-refractivity contribution < 1.29 is 4.79 Å². The summed E-state index contributed by atoms with van der Waals surface area (Å²) in [7, 11) is 0. The number of halogens is 2. The summed E-state index contributed by atoms with van der Waals surface area (Å²) in [6.45, 7) is 0.467. The molecular weight excluding hydrogens is 399 g/mol. The van der Waals surface area contributed by atoms with Crippen molar-refractivity contribution in [2.24, 2.45) is 0 Å². The molecule has 0 bridgehead atoms. The fourth-order valence-corrected chi connectivity index (χ4v) is 3.07. The van der Waals surface area contributed by atoms with E-state index in [-0.39, 0.29) is 5.91 Å². The second-order valence-electron chi connectivity index (χ2n) is 5.97. The van der Waals surface area contributed by atoms with Gasteiger partial charge < -0.3 is 5.32 Å². The molecule has 2 aromatic heterocycles. The third kappa shape index (κ3) is 3.90. The van der Waals surface area contributed by atoms with E-state index in [1.807, 2.05) is 24.3 Å². The van der Waals surface area contributed by atoms with Gasteiger partial charge in [0.15, 0.2) is 0 Å². The molecule has 1 amide bonds. The molecule has 7 nitrogen and oxygen atoms in total. The minimum Gasteiger partial charge on any atom is -0.320 e. The van der Waals surface area contributed by atoms with Crippen LogP contribution in [0.2, 0.25) is 10.0 Å². The Morgan fingerprint density at radius 1 is 1.11 bits per heavy atom. The van der Waals surface area contributed by atoms with Crippen LogP contribution in [0.15, 0.2) is 67.5 Å². The van der Waals surface area contributed by atoms with Gasteiger partial charge in [-0.1, -0.05) is 41.4 Å².